The Morgan fingerprint density at radius 1 is 1.07 bits per heavy atom. The maximum Gasteiger partial charge on any atom is 0.243 e. The molecule has 0 heterocycles. The number of hydrogen-bond donors (Lipinski definition) is 2. The van der Waals surface area contributed by atoms with Gasteiger partial charge in [-0.15, -0.1) is 12.4 Å². The Kier molecular flexibility index (Phi) is 8.66. The smallest absolute Gasteiger partial charge is 0.243 e. The highest BCUT2D eigenvalue weighted by atomic mass is 35.5. The molecule has 3 N–H and O–H groups in total. The number of halogens is 1. The van der Waals surface area contributed by atoms with Crippen LogP contribution in [0.4, 0.5) is 5.69 Å². The van der Waals surface area contributed by atoms with Gasteiger partial charge in [0.15, 0.2) is 0 Å². The molecule has 0 bridgehead atoms. The van der Waals surface area contributed by atoms with Gasteiger partial charge in [0.1, 0.15) is 0 Å². The maximum absolute atomic E-state index is 12.7. The summed E-state index contributed by atoms with van der Waals surface area (Å²) in [7, 11) is 1.63. The molecule has 2 amide bonds. The third-order valence-corrected chi connectivity index (χ3v) is 4.81. The zero-order valence-corrected chi connectivity index (χ0v) is 18.0. The molecule has 0 aliphatic rings. The summed E-state index contributed by atoms with van der Waals surface area (Å²) in [4.78, 5) is 26.6. The van der Waals surface area contributed by atoms with E-state index in [2.05, 4.69) is 5.32 Å². The van der Waals surface area contributed by atoms with Gasteiger partial charge in [-0.05, 0) is 37.5 Å². The molecule has 0 radical (unpaired) electrons. The fourth-order valence-electron chi connectivity index (χ4n) is 3.31. The Morgan fingerprint density at radius 3 is 2.14 bits per heavy atom. The zero-order chi connectivity index (χ0) is 20.1. The minimum atomic E-state index is -0.423. The Labute approximate surface area is 173 Å². The fraction of sp³-hybridized carbons (Fsp3) is 0.364. The van der Waals surface area contributed by atoms with Crippen LogP contribution in [0.15, 0.2) is 42.5 Å². The van der Waals surface area contributed by atoms with E-state index in [0.29, 0.717) is 0 Å². The molecule has 0 saturated carbocycles. The third kappa shape index (κ3) is 5.81. The normalized spacial score (nSPS) is 12.5. The number of benzene rings is 2. The van der Waals surface area contributed by atoms with Crippen LogP contribution in [0.5, 0.6) is 0 Å². The van der Waals surface area contributed by atoms with Crippen LogP contribution < -0.4 is 11.1 Å². The standard InChI is InChI=1S/C22H29N3O2.ClH/c1-14-11-15(2)21(16(3)12-14)24-19(26)13-25(5)22(27)17(4)20(23)18-9-7-6-8-10-18;/h6-12,17,20H,13,23H2,1-5H3,(H,24,26);1H. The highest BCUT2D eigenvalue weighted by Crippen LogP contribution is 2.23. The molecule has 28 heavy (non-hydrogen) atoms. The molecule has 0 spiro atoms. The average molecular weight is 404 g/mol. The van der Waals surface area contributed by atoms with E-state index in [1.165, 1.54) is 4.90 Å². The number of amides is 2. The van der Waals surface area contributed by atoms with E-state index in [1.807, 2.05) is 63.2 Å². The molecule has 6 heteroatoms. The van der Waals surface area contributed by atoms with E-state index in [1.54, 1.807) is 14.0 Å². The third-order valence-electron chi connectivity index (χ3n) is 4.81. The first-order chi connectivity index (χ1) is 12.7. The van der Waals surface area contributed by atoms with Gasteiger partial charge in [-0.3, -0.25) is 9.59 Å². The lowest BCUT2D eigenvalue weighted by Gasteiger charge is -2.25. The van der Waals surface area contributed by atoms with Crippen molar-refractivity contribution >= 4 is 29.9 Å². The molecule has 0 saturated heterocycles. The molecule has 2 atom stereocenters. The zero-order valence-electron chi connectivity index (χ0n) is 17.2. The average Bonchev–Trinajstić information content (AvgIpc) is 2.63. The summed E-state index contributed by atoms with van der Waals surface area (Å²) in [5, 5.41) is 2.93. The summed E-state index contributed by atoms with van der Waals surface area (Å²) >= 11 is 0. The van der Waals surface area contributed by atoms with Crippen molar-refractivity contribution in [2.24, 2.45) is 11.7 Å². The number of carbonyl (C=O) groups excluding carboxylic acids is 2. The van der Waals surface area contributed by atoms with Gasteiger partial charge in [-0.2, -0.15) is 0 Å². The predicted octanol–water partition coefficient (Wildman–Crippen LogP) is 3.77. The van der Waals surface area contributed by atoms with Gasteiger partial charge in [0, 0.05) is 18.8 Å². The van der Waals surface area contributed by atoms with Crippen LogP contribution in [-0.4, -0.2) is 30.3 Å². The quantitative estimate of drug-likeness (QED) is 0.770. The Hall–Kier alpha value is -2.37. The van der Waals surface area contributed by atoms with Crippen molar-refractivity contribution in [3.8, 4) is 0 Å². The first kappa shape index (κ1) is 23.7. The molecule has 2 aromatic carbocycles. The molecule has 2 rings (SSSR count). The fourth-order valence-corrected chi connectivity index (χ4v) is 3.31. The first-order valence-electron chi connectivity index (χ1n) is 9.14. The summed E-state index contributed by atoms with van der Waals surface area (Å²) in [6, 6.07) is 13.2. The van der Waals surface area contributed by atoms with Crippen molar-refractivity contribution in [3.63, 3.8) is 0 Å². The van der Waals surface area contributed by atoms with Crippen LogP contribution in [0.2, 0.25) is 0 Å². The van der Waals surface area contributed by atoms with Gasteiger partial charge < -0.3 is 16.0 Å². The Morgan fingerprint density at radius 2 is 1.61 bits per heavy atom. The highest BCUT2D eigenvalue weighted by molar-refractivity contribution is 5.96. The van der Waals surface area contributed by atoms with Crippen LogP contribution in [0.1, 0.15) is 35.2 Å². The van der Waals surface area contributed by atoms with Gasteiger partial charge >= 0.3 is 0 Å². The minimum absolute atomic E-state index is 0. The number of aryl methyl sites for hydroxylation is 3. The highest BCUT2D eigenvalue weighted by Gasteiger charge is 2.26. The molecular weight excluding hydrogens is 374 g/mol. The molecular formula is C22H30ClN3O2. The lowest BCUT2D eigenvalue weighted by atomic mass is 9.94. The van der Waals surface area contributed by atoms with Gasteiger partial charge in [-0.1, -0.05) is 55.0 Å². The number of likely N-dealkylation sites (N-methyl/N-ethyl adjacent to an activating group) is 1. The monoisotopic (exact) mass is 403 g/mol. The lowest BCUT2D eigenvalue weighted by molar-refractivity contribution is -0.137. The van der Waals surface area contributed by atoms with E-state index in [0.717, 1.165) is 27.9 Å². The molecule has 0 aliphatic carbocycles. The van der Waals surface area contributed by atoms with E-state index in [-0.39, 0.29) is 30.8 Å². The van der Waals surface area contributed by atoms with Crippen LogP contribution in [-0.2, 0) is 9.59 Å². The molecule has 152 valence electrons. The number of nitrogens with two attached hydrogens (primary N) is 1. The molecule has 2 unspecified atom stereocenters. The molecule has 0 aliphatic heterocycles. The number of anilines is 1. The number of nitrogens with zero attached hydrogens (tertiary/aromatic N) is 1. The second-order valence-electron chi connectivity index (χ2n) is 7.24. The van der Waals surface area contributed by atoms with Crippen molar-refractivity contribution in [1.29, 1.82) is 0 Å². The maximum atomic E-state index is 12.7. The van der Waals surface area contributed by atoms with E-state index in [4.69, 9.17) is 5.73 Å². The van der Waals surface area contributed by atoms with Gasteiger partial charge in [0.25, 0.3) is 0 Å². The Balaban J connectivity index is 0.00000392. The van der Waals surface area contributed by atoms with Crippen LogP contribution >= 0.6 is 12.4 Å². The second-order valence-corrected chi connectivity index (χ2v) is 7.24. The summed E-state index contributed by atoms with van der Waals surface area (Å²) in [5.41, 5.74) is 11.1. The van der Waals surface area contributed by atoms with Gasteiger partial charge in [0.2, 0.25) is 11.8 Å². The van der Waals surface area contributed by atoms with Crippen LogP contribution in [0.25, 0.3) is 0 Å². The van der Waals surface area contributed by atoms with Crippen molar-refractivity contribution < 1.29 is 9.59 Å². The first-order valence-corrected chi connectivity index (χ1v) is 9.14. The van der Waals surface area contributed by atoms with Crippen molar-refractivity contribution in [1.82, 2.24) is 4.90 Å². The number of nitrogens with one attached hydrogen (secondary N) is 1. The summed E-state index contributed by atoms with van der Waals surface area (Å²) < 4.78 is 0. The molecule has 0 aromatic heterocycles. The number of rotatable bonds is 6. The number of carbonyl (C=O) groups is 2. The summed E-state index contributed by atoms with van der Waals surface area (Å²) in [5.74, 6) is -0.798. The van der Waals surface area contributed by atoms with Gasteiger partial charge in [-0.25, -0.2) is 0 Å². The topological polar surface area (TPSA) is 75.4 Å². The van der Waals surface area contributed by atoms with Crippen LogP contribution in [0.3, 0.4) is 0 Å². The Bertz CT molecular complexity index is 801. The lowest BCUT2D eigenvalue weighted by Crippen LogP contribution is -2.41. The van der Waals surface area contributed by atoms with E-state index >= 15 is 0 Å². The number of hydrogen-bond acceptors (Lipinski definition) is 3. The van der Waals surface area contributed by atoms with Crippen LogP contribution in [0, 0.1) is 26.7 Å². The van der Waals surface area contributed by atoms with Crippen molar-refractivity contribution in [3.05, 3.63) is 64.7 Å². The summed E-state index contributed by atoms with van der Waals surface area (Å²) in [6.07, 6.45) is 0. The molecule has 2 aromatic rings. The predicted molar refractivity (Wildman–Crippen MR) is 117 cm³/mol. The largest absolute Gasteiger partial charge is 0.336 e. The molecule has 5 nitrogen and oxygen atoms in total. The second kappa shape index (κ2) is 10.2. The minimum Gasteiger partial charge on any atom is -0.336 e. The summed E-state index contributed by atoms with van der Waals surface area (Å²) in [6.45, 7) is 7.73. The van der Waals surface area contributed by atoms with E-state index in [9.17, 15) is 9.59 Å². The van der Waals surface area contributed by atoms with Crippen molar-refractivity contribution in [2.45, 2.75) is 33.7 Å². The molecule has 0 fully saturated rings. The van der Waals surface area contributed by atoms with Gasteiger partial charge in [0.05, 0.1) is 12.5 Å². The van der Waals surface area contributed by atoms with E-state index < -0.39 is 12.0 Å². The van der Waals surface area contributed by atoms with Crippen molar-refractivity contribution in [2.75, 3.05) is 18.9 Å². The SMILES string of the molecule is Cc1cc(C)c(NC(=O)CN(C)C(=O)C(C)C(N)c2ccccc2)c(C)c1.Cl.